The van der Waals surface area contributed by atoms with Crippen molar-refractivity contribution in [3.63, 3.8) is 0 Å². The van der Waals surface area contributed by atoms with Gasteiger partial charge in [0.15, 0.2) is 0 Å². The number of ether oxygens (including phenoxy) is 1. The maximum Gasteiger partial charge on any atom is 0.455 e. The van der Waals surface area contributed by atoms with Gasteiger partial charge in [0.2, 0.25) is 0 Å². The van der Waals surface area contributed by atoms with Gasteiger partial charge in [-0.2, -0.15) is 0 Å². The molecule has 5 heteroatoms. The molecule has 52 valence electrons. The quantitative estimate of drug-likeness (QED) is 0.238. The van der Waals surface area contributed by atoms with Crippen molar-refractivity contribution in [3.05, 3.63) is 12.7 Å². The molecule has 0 atom stereocenters. The summed E-state index contributed by atoms with van der Waals surface area (Å²) in [5.74, 6) is -1.12. The molecule has 0 bridgehead atoms. The van der Waals surface area contributed by atoms with E-state index >= 15 is 0 Å². The summed E-state index contributed by atoms with van der Waals surface area (Å²) < 4.78 is 3.50. The van der Waals surface area contributed by atoms with Gasteiger partial charge in [-0.3, -0.25) is 0 Å². The van der Waals surface area contributed by atoms with Crippen molar-refractivity contribution in [2.24, 2.45) is 0 Å². The average Bonchev–Trinajstić information content (AvgIpc) is 1.62. The van der Waals surface area contributed by atoms with E-state index in [-0.39, 0.29) is 0 Å². The molecule has 0 radical (unpaired) electrons. The van der Waals surface area contributed by atoms with Gasteiger partial charge in [0, 0.05) is 6.08 Å². The first-order valence-corrected chi connectivity index (χ1v) is 1.98. The van der Waals surface area contributed by atoms with Gasteiger partial charge in [-0.05, 0) is 0 Å². The lowest BCUT2D eigenvalue weighted by Crippen LogP contribution is -2.33. The van der Waals surface area contributed by atoms with Crippen LogP contribution in [0.25, 0.3) is 0 Å². The SMILES string of the molecule is C=CC(=O)OC(O)(O)O. The molecule has 0 aromatic rings. The lowest BCUT2D eigenvalue weighted by molar-refractivity contribution is -0.434. The Morgan fingerprint density at radius 1 is 1.56 bits per heavy atom. The summed E-state index contributed by atoms with van der Waals surface area (Å²) in [6.07, 6.45) is -2.72. The van der Waals surface area contributed by atoms with Gasteiger partial charge in [0.25, 0.3) is 0 Å². The first-order valence-electron chi connectivity index (χ1n) is 1.98. The van der Waals surface area contributed by atoms with Crippen LogP contribution in [-0.4, -0.2) is 27.4 Å². The van der Waals surface area contributed by atoms with Gasteiger partial charge < -0.3 is 20.1 Å². The van der Waals surface area contributed by atoms with E-state index in [9.17, 15) is 4.79 Å². The van der Waals surface area contributed by atoms with E-state index in [0.717, 1.165) is 0 Å². The van der Waals surface area contributed by atoms with E-state index in [4.69, 9.17) is 15.3 Å². The number of esters is 1. The Kier molecular flexibility index (Phi) is 2.32. The molecule has 3 N–H and O–H groups in total. The molecule has 0 saturated heterocycles. The first kappa shape index (κ1) is 8.09. The van der Waals surface area contributed by atoms with Crippen LogP contribution in [0.4, 0.5) is 0 Å². The molecule has 0 aromatic heterocycles. The van der Waals surface area contributed by atoms with Crippen LogP contribution >= 0.6 is 0 Å². The zero-order valence-corrected chi connectivity index (χ0v) is 4.44. The number of rotatable bonds is 2. The Bertz CT molecular complexity index is 121. The first-order chi connectivity index (χ1) is 3.95. The Hall–Kier alpha value is -0.910. The second kappa shape index (κ2) is 2.58. The highest BCUT2D eigenvalue weighted by Crippen LogP contribution is 1.94. The molecule has 0 heterocycles. The van der Waals surface area contributed by atoms with Crippen molar-refractivity contribution < 1.29 is 24.9 Å². The van der Waals surface area contributed by atoms with E-state index in [1.165, 1.54) is 0 Å². The molecular weight excluding hydrogens is 128 g/mol. The van der Waals surface area contributed by atoms with E-state index < -0.39 is 12.1 Å². The summed E-state index contributed by atoms with van der Waals surface area (Å²) in [4.78, 5) is 10.0. The fourth-order valence-corrected chi connectivity index (χ4v) is 0.177. The standard InChI is InChI=1S/C4H6O5/c1-2-3(5)9-4(6,7)8/h2,6-8H,1H2. The predicted molar refractivity (Wildman–Crippen MR) is 25.7 cm³/mol. The van der Waals surface area contributed by atoms with Crippen LogP contribution in [0.1, 0.15) is 0 Å². The number of aliphatic hydroxyl groups is 3. The zero-order chi connectivity index (χ0) is 7.49. The maximum atomic E-state index is 10.0. The summed E-state index contributed by atoms with van der Waals surface area (Å²) in [6, 6.07) is 0. The lowest BCUT2D eigenvalue weighted by atomic mass is 10.7. The molecule has 0 fully saturated rings. The molecule has 9 heavy (non-hydrogen) atoms. The van der Waals surface area contributed by atoms with Gasteiger partial charge in [0.1, 0.15) is 0 Å². The molecule has 0 aliphatic carbocycles. The van der Waals surface area contributed by atoms with Gasteiger partial charge in [-0.25, -0.2) is 4.79 Å². The second-order valence-electron chi connectivity index (χ2n) is 1.20. The predicted octanol–water partition coefficient (Wildman–Crippen LogP) is -1.70. The van der Waals surface area contributed by atoms with Crippen molar-refractivity contribution in [2.75, 3.05) is 0 Å². The third kappa shape index (κ3) is 4.95. The van der Waals surface area contributed by atoms with E-state index in [1.54, 1.807) is 0 Å². The van der Waals surface area contributed by atoms with Crippen molar-refractivity contribution >= 4 is 5.97 Å². The summed E-state index contributed by atoms with van der Waals surface area (Å²) in [6.45, 7) is 2.94. The smallest absolute Gasteiger partial charge is 0.381 e. The molecule has 0 aromatic carbocycles. The summed E-state index contributed by atoms with van der Waals surface area (Å²) in [5, 5.41) is 23.8. The van der Waals surface area contributed by atoms with E-state index in [1.807, 2.05) is 0 Å². The highest BCUT2D eigenvalue weighted by Gasteiger charge is 2.22. The molecule has 0 amide bonds. The molecule has 0 aliphatic heterocycles. The Labute approximate surface area is 50.8 Å². The Morgan fingerprint density at radius 3 is 2.11 bits per heavy atom. The number of hydrogen-bond acceptors (Lipinski definition) is 5. The monoisotopic (exact) mass is 134 g/mol. The highest BCUT2D eigenvalue weighted by atomic mass is 16.9. The van der Waals surface area contributed by atoms with E-state index in [0.29, 0.717) is 6.08 Å². The van der Waals surface area contributed by atoms with Gasteiger partial charge in [-0.15, -0.1) is 0 Å². The number of carbonyl (C=O) groups excluding carboxylic acids is 1. The van der Waals surface area contributed by atoms with Crippen LogP contribution in [0.15, 0.2) is 12.7 Å². The molecule has 0 rings (SSSR count). The molecule has 0 unspecified atom stereocenters. The van der Waals surface area contributed by atoms with Crippen molar-refractivity contribution in [1.29, 1.82) is 0 Å². The minimum Gasteiger partial charge on any atom is -0.381 e. The normalized spacial score (nSPS) is 10.6. The molecular formula is C4H6O5. The molecule has 0 saturated carbocycles. The zero-order valence-electron chi connectivity index (χ0n) is 4.44. The third-order valence-corrected chi connectivity index (χ3v) is 0.404. The highest BCUT2D eigenvalue weighted by molar-refractivity contribution is 5.81. The summed E-state index contributed by atoms with van der Waals surface area (Å²) in [5.41, 5.74) is 0. The minimum atomic E-state index is -3.40. The topological polar surface area (TPSA) is 87.0 Å². The Morgan fingerprint density at radius 2 is 2.00 bits per heavy atom. The number of carbonyl (C=O) groups is 1. The fraction of sp³-hybridized carbons (Fsp3) is 0.250. The van der Waals surface area contributed by atoms with Crippen LogP contribution in [-0.2, 0) is 9.53 Å². The minimum absolute atomic E-state index is 0.678. The van der Waals surface area contributed by atoms with Gasteiger partial charge >= 0.3 is 12.1 Å². The summed E-state index contributed by atoms with van der Waals surface area (Å²) in [7, 11) is 0. The van der Waals surface area contributed by atoms with Crippen molar-refractivity contribution in [2.45, 2.75) is 6.16 Å². The fourth-order valence-electron chi connectivity index (χ4n) is 0.177. The maximum absolute atomic E-state index is 10.0. The van der Waals surface area contributed by atoms with Crippen LogP contribution in [0.2, 0.25) is 0 Å². The van der Waals surface area contributed by atoms with Crippen LogP contribution < -0.4 is 0 Å². The van der Waals surface area contributed by atoms with Crippen LogP contribution in [0.3, 0.4) is 0 Å². The van der Waals surface area contributed by atoms with Crippen LogP contribution in [0.5, 0.6) is 0 Å². The third-order valence-electron chi connectivity index (χ3n) is 0.404. The average molecular weight is 134 g/mol. The molecule has 0 spiro atoms. The van der Waals surface area contributed by atoms with Gasteiger partial charge in [-0.1, -0.05) is 6.58 Å². The summed E-state index contributed by atoms with van der Waals surface area (Å²) >= 11 is 0. The molecule has 5 nitrogen and oxygen atoms in total. The van der Waals surface area contributed by atoms with Crippen LogP contribution in [0, 0.1) is 0 Å². The largest absolute Gasteiger partial charge is 0.455 e. The molecule has 0 aliphatic rings. The van der Waals surface area contributed by atoms with Crippen molar-refractivity contribution in [3.8, 4) is 0 Å². The lowest BCUT2D eigenvalue weighted by Gasteiger charge is -2.11. The number of hydrogen-bond donors (Lipinski definition) is 3. The van der Waals surface area contributed by atoms with Crippen molar-refractivity contribution in [1.82, 2.24) is 0 Å². The second-order valence-corrected chi connectivity index (χ2v) is 1.20. The van der Waals surface area contributed by atoms with E-state index in [2.05, 4.69) is 11.3 Å². The Balaban J connectivity index is 3.74. The van der Waals surface area contributed by atoms with Gasteiger partial charge in [0.05, 0.1) is 0 Å².